The van der Waals surface area contributed by atoms with Crippen molar-refractivity contribution in [3.05, 3.63) is 33.8 Å². The van der Waals surface area contributed by atoms with Gasteiger partial charge in [-0.3, -0.25) is 4.79 Å². The molecular formula is C16H17Cl2NO. The molecule has 0 aliphatic heterocycles. The van der Waals surface area contributed by atoms with Crippen molar-refractivity contribution in [2.24, 2.45) is 5.92 Å². The van der Waals surface area contributed by atoms with Crippen LogP contribution in [0.5, 0.6) is 0 Å². The Morgan fingerprint density at radius 3 is 2.55 bits per heavy atom. The van der Waals surface area contributed by atoms with E-state index in [9.17, 15) is 10.1 Å². The lowest BCUT2D eigenvalue weighted by Crippen LogP contribution is -2.17. The molecule has 2 nitrogen and oxygen atoms in total. The third kappa shape index (κ3) is 3.75. The average Bonchev–Trinajstić information content (AvgIpc) is 2.44. The highest BCUT2D eigenvalue weighted by Gasteiger charge is 2.25. The van der Waals surface area contributed by atoms with Crippen LogP contribution >= 0.6 is 23.2 Å². The first-order valence-corrected chi connectivity index (χ1v) is 7.74. The summed E-state index contributed by atoms with van der Waals surface area (Å²) in [6, 6.07) is 7.07. The minimum absolute atomic E-state index is 0.00205. The van der Waals surface area contributed by atoms with Gasteiger partial charge in [-0.1, -0.05) is 61.4 Å². The Kier molecular flexibility index (Phi) is 5.46. The number of halogens is 2. The summed E-state index contributed by atoms with van der Waals surface area (Å²) in [5.41, 5.74) is 0.641. The number of nitriles is 1. The van der Waals surface area contributed by atoms with Gasteiger partial charge in [0.2, 0.25) is 0 Å². The van der Waals surface area contributed by atoms with Gasteiger partial charge in [0, 0.05) is 6.42 Å². The number of carbonyl (C=O) groups is 1. The molecule has 0 amide bonds. The van der Waals surface area contributed by atoms with Gasteiger partial charge in [0.05, 0.1) is 16.1 Å². The first-order chi connectivity index (χ1) is 9.61. The van der Waals surface area contributed by atoms with Gasteiger partial charge in [-0.2, -0.15) is 5.26 Å². The third-order valence-corrected chi connectivity index (χ3v) is 4.68. The highest BCUT2D eigenvalue weighted by molar-refractivity contribution is 6.42. The molecule has 0 aromatic heterocycles. The molecule has 0 radical (unpaired) electrons. The summed E-state index contributed by atoms with van der Waals surface area (Å²) in [5.74, 6) is -0.292. The quantitative estimate of drug-likeness (QED) is 0.772. The fraction of sp³-hybridized carbons (Fsp3) is 0.500. The standard InChI is InChI=1S/C16H17Cl2NO/c17-14-7-6-12(9-15(14)18)13(10-19)16(20)8-11-4-2-1-3-5-11/h6-7,9,11,13H,1-5,8H2. The van der Waals surface area contributed by atoms with Crippen molar-refractivity contribution in [1.29, 1.82) is 5.26 Å². The van der Waals surface area contributed by atoms with Crippen molar-refractivity contribution in [1.82, 2.24) is 0 Å². The second-order valence-corrected chi connectivity index (χ2v) is 6.22. The van der Waals surface area contributed by atoms with Gasteiger partial charge < -0.3 is 0 Å². The van der Waals surface area contributed by atoms with Crippen LogP contribution in [-0.4, -0.2) is 5.78 Å². The van der Waals surface area contributed by atoms with E-state index in [0.717, 1.165) is 12.8 Å². The minimum Gasteiger partial charge on any atom is -0.298 e. The lowest BCUT2D eigenvalue weighted by atomic mass is 9.82. The summed E-state index contributed by atoms with van der Waals surface area (Å²) >= 11 is 11.8. The molecule has 1 aliphatic carbocycles. The number of nitrogens with zero attached hydrogens (tertiary/aromatic N) is 1. The summed E-state index contributed by atoms with van der Waals surface area (Å²) < 4.78 is 0. The zero-order valence-electron chi connectivity index (χ0n) is 11.2. The number of Topliss-reactive ketones (excluding diaryl/α,β-unsaturated/α-hetero) is 1. The summed E-state index contributed by atoms with van der Waals surface area (Å²) in [5, 5.41) is 10.1. The van der Waals surface area contributed by atoms with E-state index in [1.807, 2.05) is 0 Å². The molecule has 1 saturated carbocycles. The number of carbonyl (C=O) groups excluding carboxylic acids is 1. The largest absolute Gasteiger partial charge is 0.298 e. The van der Waals surface area contributed by atoms with Crippen LogP contribution in [0.4, 0.5) is 0 Å². The van der Waals surface area contributed by atoms with Crippen LogP contribution in [0.1, 0.15) is 50.0 Å². The number of benzene rings is 1. The van der Waals surface area contributed by atoms with Crippen molar-refractivity contribution >= 4 is 29.0 Å². The second-order valence-electron chi connectivity index (χ2n) is 5.41. The van der Waals surface area contributed by atoms with Crippen molar-refractivity contribution in [3.63, 3.8) is 0 Å². The summed E-state index contributed by atoms with van der Waals surface area (Å²) in [6.07, 6.45) is 6.36. The first kappa shape index (κ1) is 15.4. The molecule has 1 unspecified atom stereocenters. The summed E-state index contributed by atoms with van der Waals surface area (Å²) in [6.45, 7) is 0. The fourth-order valence-corrected chi connectivity index (χ4v) is 3.12. The van der Waals surface area contributed by atoms with E-state index >= 15 is 0 Å². The molecule has 1 aliphatic rings. The molecule has 2 rings (SSSR count). The monoisotopic (exact) mass is 309 g/mol. The zero-order chi connectivity index (χ0) is 14.5. The van der Waals surface area contributed by atoms with Gasteiger partial charge in [0.15, 0.2) is 5.78 Å². The van der Waals surface area contributed by atoms with E-state index in [1.54, 1.807) is 18.2 Å². The predicted molar refractivity (Wildman–Crippen MR) is 81.0 cm³/mol. The van der Waals surface area contributed by atoms with Crippen LogP contribution in [0.15, 0.2) is 18.2 Å². The van der Waals surface area contributed by atoms with E-state index < -0.39 is 5.92 Å². The van der Waals surface area contributed by atoms with Crippen LogP contribution in [0.25, 0.3) is 0 Å². The van der Waals surface area contributed by atoms with Crippen LogP contribution in [0, 0.1) is 17.2 Å². The molecule has 0 N–H and O–H groups in total. The van der Waals surface area contributed by atoms with Crippen molar-refractivity contribution in [2.75, 3.05) is 0 Å². The molecule has 0 heterocycles. The Bertz CT molecular complexity index is 530. The number of rotatable bonds is 4. The van der Waals surface area contributed by atoms with Gasteiger partial charge in [0.1, 0.15) is 5.92 Å². The van der Waals surface area contributed by atoms with E-state index in [0.29, 0.717) is 27.9 Å². The first-order valence-electron chi connectivity index (χ1n) is 6.99. The Morgan fingerprint density at radius 2 is 1.95 bits per heavy atom. The molecule has 0 saturated heterocycles. The molecule has 0 bridgehead atoms. The van der Waals surface area contributed by atoms with Crippen molar-refractivity contribution < 1.29 is 4.79 Å². The maximum absolute atomic E-state index is 12.3. The Morgan fingerprint density at radius 1 is 1.25 bits per heavy atom. The van der Waals surface area contributed by atoms with E-state index in [1.165, 1.54) is 19.3 Å². The Hall–Kier alpha value is -1.04. The second kappa shape index (κ2) is 7.11. The van der Waals surface area contributed by atoms with Gasteiger partial charge in [0.25, 0.3) is 0 Å². The van der Waals surface area contributed by atoms with Gasteiger partial charge in [-0.05, 0) is 23.6 Å². The minimum atomic E-state index is -0.730. The lowest BCUT2D eigenvalue weighted by Gasteiger charge is -2.21. The predicted octanol–water partition coefficient (Wildman–Crippen LogP) is 5.14. The highest BCUT2D eigenvalue weighted by Crippen LogP contribution is 2.31. The molecule has 1 atom stereocenters. The van der Waals surface area contributed by atoms with Crippen molar-refractivity contribution in [3.8, 4) is 6.07 Å². The van der Waals surface area contributed by atoms with Crippen LogP contribution in [0.2, 0.25) is 10.0 Å². The van der Waals surface area contributed by atoms with Gasteiger partial charge in [-0.25, -0.2) is 0 Å². The van der Waals surface area contributed by atoms with Gasteiger partial charge >= 0.3 is 0 Å². The zero-order valence-corrected chi connectivity index (χ0v) is 12.8. The average molecular weight is 310 g/mol. The number of hydrogen-bond acceptors (Lipinski definition) is 2. The maximum Gasteiger partial charge on any atom is 0.154 e. The lowest BCUT2D eigenvalue weighted by molar-refractivity contribution is -0.120. The number of ketones is 1. The maximum atomic E-state index is 12.3. The normalized spacial score (nSPS) is 17.4. The van der Waals surface area contributed by atoms with Crippen LogP contribution < -0.4 is 0 Å². The third-order valence-electron chi connectivity index (χ3n) is 3.94. The van der Waals surface area contributed by atoms with E-state index in [-0.39, 0.29) is 5.78 Å². The smallest absolute Gasteiger partial charge is 0.154 e. The Balaban J connectivity index is 2.08. The van der Waals surface area contributed by atoms with Crippen molar-refractivity contribution in [2.45, 2.75) is 44.4 Å². The van der Waals surface area contributed by atoms with E-state index in [4.69, 9.17) is 23.2 Å². The van der Waals surface area contributed by atoms with Crippen LogP contribution in [-0.2, 0) is 4.79 Å². The summed E-state index contributed by atoms with van der Waals surface area (Å²) in [7, 11) is 0. The fourth-order valence-electron chi connectivity index (χ4n) is 2.82. The molecule has 20 heavy (non-hydrogen) atoms. The molecule has 1 fully saturated rings. The topological polar surface area (TPSA) is 40.9 Å². The molecule has 1 aromatic carbocycles. The van der Waals surface area contributed by atoms with Crippen LogP contribution in [0.3, 0.4) is 0 Å². The molecule has 106 valence electrons. The molecular weight excluding hydrogens is 293 g/mol. The SMILES string of the molecule is N#CC(C(=O)CC1CCCCC1)c1ccc(Cl)c(Cl)c1. The number of hydrogen-bond donors (Lipinski definition) is 0. The highest BCUT2D eigenvalue weighted by atomic mass is 35.5. The van der Waals surface area contributed by atoms with E-state index in [2.05, 4.69) is 6.07 Å². The molecule has 4 heteroatoms. The Labute approximate surface area is 129 Å². The molecule has 0 spiro atoms. The van der Waals surface area contributed by atoms with Gasteiger partial charge in [-0.15, -0.1) is 0 Å². The molecule has 1 aromatic rings. The summed E-state index contributed by atoms with van der Waals surface area (Å²) in [4.78, 5) is 12.3.